The summed E-state index contributed by atoms with van der Waals surface area (Å²) >= 11 is 0. The Hall–Kier alpha value is -1.76. The fourth-order valence-corrected chi connectivity index (χ4v) is 3.58. The Bertz CT molecular complexity index is 626. The lowest BCUT2D eigenvalue weighted by Gasteiger charge is -2.46. The van der Waals surface area contributed by atoms with Crippen molar-refractivity contribution in [3.05, 3.63) is 71.8 Å². The molecule has 1 fully saturated rings. The van der Waals surface area contributed by atoms with Crippen LogP contribution in [-0.2, 0) is 4.74 Å². The van der Waals surface area contributed by atoms with E-state index in [0.29, 0.717) is 0 Å². The van der Waals surface area contributed by atoms with E-state index in [-0.39, 0.29) is 6.04 Å². The minimum absolute atomic E-state index is 0.194. The van der Waals surface area contributed by atoms with Crippen LogP contribution < -0.4 is 0 Å². The average molecular weight is 343 g/mol. The lowest BCUT2D eigenvalue weighted by Crippen LogP contribution is -2.62. The minimum atomic E-state index is -1.19. The van der Waals surface area contributed by atoms with Gasteiger partial charge in [0.05, 0.1) is 18.2 Å². The van der Waals surface area contributed by atoms with E-state index in [9.17, 15) is 15.3 Å². The van der Waals surface area contributed by atoms with Crippen molar-refractivity contribution in [2.24, 2.45) is 0 Å². The Labute approximate surface area is 148 Å². The van der Waals surface area contributed by atoms with E-state index in [4.69, 9.17) is 4.74 Å². The maximum Gasteiger partial charge on any atom is 0.173 e. The second kappa shape index (κ2) is 7.64. The van der Waals surface area contributed by atoms with Crippen LogP contribution in [0.3, 0.4) is 0 Å². The summed E-state index contributed by atoms with van der Waals surface area (Å²) in [4.78, 5) is 1.87. The molecule has 3 rings (SSSR count). The first-order valence-corrected chi connectivity index (χ1v) is 8.52. The number of hydrogen-bond acceptors (Lipinski definition) is 5. The molecule has 1 saturated heterocycles. The summed E-state index contributed by atoms with van der Waals surface area (Å²) in [7, 11) is 1.83. The van der Waals surface area contributed by atoms with Crippen molar-refractivity contribution in [3.63, 3.8) is 0 Å². The summed E-state index contributed by atoms with van der Waals surface area (Å²) in [6, 6.07) is 18.8. The largest absolute Gasteiger partial charge is 0.388 e. The molecule has 134 valence electrons. The predicted molar refractivity (Wildman–Crippen MR) is 94.8 cm³/mol. The molecule has 2 aromatic carbocycles. The molecule has 0 amide bonds. The number of hydrogen-bond donors (Lipinski definition) is 3. The molecule has 1 heterocycles. The quantitative estimate of drug-likeness (QED) is 0.785. The summed E-state index contributed by atoms with van der Waals surface area (Å²) in [5.74, 6) is 0. The standard InChI is InChI=1S/C20H25NO4/c1-13-18(22)19(23)17(20(24)25-13)21(2)16(14-9-5-3-6-10-14)15-11-7-4-8-12-15/h3-13,16-20,22-24H,1-2H3/t13-,17-,18+,19-,20-/m1/s1. The van der Waals surface area contributed by atoms with Crippen molar-refractivity contribution >= 4 is 0 Å². The van der Waals surface area contributed by atoms with E-state index >= 15 is 0 Å². The van der Waals surface area contributed by atoms with E-state index in [1.54, 1.807) is 6.92 Å². The predicted octanol–water partition coefficient (Wildman–Crippen LogP) is 1.54. The van der Waals surface area contributed by atoms with Crippen LogP contribution in [0.5, 0.6) is 0 Å². The van der Waals surface area contributed by atoms with E-state index < -0.39 is 30.6 Å². The molecule has 0 spiro atoms. The highest BCUT2D eigenvalue weighted by Gasteiger charge is 2.45. The zero-order valence-corrected chi connectivity index (χ0v) is 14.4. The maximum atomic E-state index is 10.6. The summed E-state index contributed by atoms with van der Waals surface area (Å²) in [6.45, 7) is 1.64. The fourth-order valence-electron chi connectivity index (χ4n) is 3.58. The van der Waals surface area contributed by atoms with Gasteiger partial charge in [-0.15, -0.1) is 0 Å². The van der Waals surface area contributed by atoms with Crippen LogP contribution >= 0.6 is 0 Å². The van der Waals surface area contributed by atoms with Crippen molar-refractivity contribution in [1.82, 2.24) is 4.90 Å². The van der Waals surface area contributed by atoms with Gasteiger partial charge in [0.25, 0.3) is 0 Å². The third-order valence-corrected chi connectivity index (χ3v) is 4.94. The Morgan fingerprint density at radius 1 is 0.840 bits per heavy atom. The first-order chi connectivity index (χ1) is 12.0. The Morgan fingerprint density at radius 3 is 1.80 bits per heavy atom. The highest BCUT2D eigenvalue weighted by Crippen LogP contribution is 2.33. The van der Waals surface area contributed by atoms with Crippen LogP contribution in [0.25, 0.3) is 0 Å². The maximum absolute atomic E-state index is 10.6. The van der Waals surface area contributed by atoms with Gasteiger partial charge in [0.1, 0.15) is 12.2 Å². The zero-order chi connectivity index (χ0) is 18.0. The summed E-state index contributed by atoms with van der Waals surface area (Å²) in [5.41, 5.74) is 2.06. The van der Waals surface area contributed by atoms with E-state index in [0.717, 1.165) is 11.1 Å². The monoisotopic (exact) mass is 343 g/mol. The SMILES string of the molecule is C[C@H]1O[C@@H](O)[C@H](N(C)C(c2ccccc2)c2ccccc2)[C@@H](O)[C@H]1O. The van der Waals surface area contributed by atoms with Gasteiger partial charge in [0, 0.05) is 0 Å². The van der Waals surface area contributed by atoms with Gasteiger partial charge in [-0.25, -0.2) is 0 Å². The smallest absolute Gasteiger partial charge is 0.173 e. The van der Waals surface area contributed by atoms with Crippen molar-refractivity contribution in [3.8, 4) is 0 Å². The first kappa shape index (κ1) is 18.0. The van der Waals surface area contributed by atoms with Crippen molar-refractivity contribution in [2.45, 2.75) is 43.6 Å². The molecule has 0 unspecified atom stereocenters. The fraction of sp³-hybridized carbons (Fsp3) is 0.400. The molecule has 0 aliphatic carbocycles. The lowest BCUT2D eigenvalue weighted by atomic mass is 9.91. The van der Waals surface area contributed by atoms with Gasteiger partial charge in [0.2, 0.25) is 0 Å². The molecule has 5 heteroatoms. The average Bonchev–Trinajstić information content (AvgIpc) is 2.62. The minimum Gasteiger partial charge on any atom is -0.388 e. The van der Waals surface area contributed by atoms with Crippen molar-refractivity contribution in [1.29, 1.82) is 0 Å². The van der Waals surface area contributed by atoms with E-state index in [1.165, 1.54) is 0 Å². The van der Waals surface area contributed by atoms with Crippen LogP contribution in [0.2, 0.25) is 0 Å². The molecule has 1 aliphatic rings. The van der Waals surface area contributed by atoms with Gasteiger partial charge in [-0.2, -0.15) is 0 Å². The molecule has 5 nitrogen and oxygen atoms in total. The number of benzene rings is 2. The number of likely N-dealkylation sites (N-methyl/N-ethyl adjacent to an activating group) is 1. The highest BCUT2D eigenvalue weighted by atomic mass is 16.6. The number of aliphatic hydroxyl groups is 3. The van der Waals surface area contributed by atoms with E-state index in [2.05, 4.69) is 0 Å². The number of ether oxygens (including phenoxy) is 1. The molecule has 25 heavy (non-hydrogen) atoms. The molecular weight excluding hydrogens is 318 g/mol. The van der Waals surface area contributed by atoms with Gasteiger partial charge in [0.15, 0.2) is 6.29 Å². The number of aliphatic hydroxyl groups excluding tert-OH is 3. The molecule has 2 aromatic rings. The Morgan fingerprint density at radius 2 is 1.32 bits per heavy atom. The molecule has 0 aromatic heterocycles. The van der Waals surface area contributed by atoms with E-state index in [1.807, 2.05) is 72.6 Å². The van der Waals surface area contributed by atoms with Crippen LogP contribution in [-0.4, -0.2) is 57.9 Å². The third-order valence-electron chi connectivity index (χ3n) is 4.94. The zero-order valence-electron chi connectivity index (χ0n) is 14.4. The van der Waals surface area contributed by atoms with Gasteiger partial charge >= 0.3 is 0 Å². The van der Waals surface area contributed by atoms with Gasteiger partial charge in [-0.3, -0.25) is 4.90 Å². The van der Waals surface area contributed by atoms with Gasteiger partial charge in [-0.05, 0) is 25.1 Å². The number of nitrogens with zero attached hydrogens (tertiary/aromatic N) is 1. The Kier molecular flexibility index (Phi) is 5.51. The second-order valence-electron chi connectivity index (χ2n) is 6.59. The van der Waals surface area contributed by atoms with Crippen molar-refractivity contribution < 1.29 is 20.1 Å². The van der Waals surface area contributed by atoms with Gasteiger partial charge in [-0.1, -0.05) is 60.7 Å². The first-order valence-electron chi connectivity index (χ1n) is 8.52. The molecule has 0 bridgehead atoms. The molecule has 0 saturated carbocycles. The van der Waals surface area contributed by atoms with Crippen LogP contribution in [0.15, 0.2) is 60.7 Å². The summed E-state index contributed by atoms with van der Waals surface area (Å²) < 4.78 is 5.43. The molecule has 0 radical (unpaired) electrons. The summed E-state index contributed by atoms with van der Waals surface area (Å²) in [6.07, 6.45) is -3.98. The second-order valence-corrected chi connectivity index (χ2v) is 6.59. The third kappa shape index (κ3) is 3.61. The molecule has 3 N–H and O–H groups in total. The lowest BCUT2D eigenvalue weighted by molar-refractivity contribution is -0.262. The highest BCUT2D eigenvalue weighted by molar-refractivity contribution is 5.32. The topological polar surface area (TPSA) is 73.2 Å². The van der Waals surface area contributed by atoms with Crippen molar-refractivity contribution in [2.75, 3.05) is 7.05 Å². The van der Waals surface area contributed by atoms with Crippen LogP contribution in [0.4, 0.5) is 0 Å². The van der Waals surface area contributed by atoms with Gasteiger partial charge < -0.3 is 20.1 Å². The normalized spacial score (nSPS) is 30.0. The Balaban J connectivity index is 1.98. The molecule has 5 atom stereocenters. The molecule has 1 aliphatic heterocycles. The number of rotatable bonds is 4. The summed E-state index contributed by atoms with van der Waals surface area (Å²) in [5, 5.41) is 31.2. The van der Waals surface area contributed by atoms with Crippen LogP contribution in [0.1, 0.15) is 24.1 Å². The molecular formula is C20H25NO4. The van der Waals surface area contributed by atoms with Crippen LogP contribution in [0, 0.1) is 0 Å².